The van der Waals surface area contributed by atoms with Crippen molar-refractivity contribution in [3.05, 3.63) is 40.5 Å². The van der Waals surface area contributed by atoms with E-state index in [0.717, 1.165) is 24.3 Å². The number of ether oxygens (including phenoxy) is 1. The van der Waals surface area contributed by atoms with Crippen LogP contribution in [-0.4, -0.2) is 34.6 Å². The van der Waals surface area contributed by atoms with Crippen molar-refractivity contribution in [3.63, 3.8) is 0 Å². The summed E-state index contributed by atoms with van der Waals surface area (Å²) in [5, 5.41) is 0.472. The zero-order chi connectivity index (χ0) is 20.7. The number of alkyl halides is 2. The molecule has 1 aliphatic rings. The summed E-state index contributed by atoms with van der Waals surface area (Å²) in [6.07, 6.45) is -1.23. The molecule has 1 aromatic carbocycles. The second kappa shape index (κ2) is 7.78. The number of methoxy groups -OCH3 is 1. The lowest BCUT2D eigenvalue weighted by Crippen LogP contribution is -2.29. The normalized spacial score (nSPS) is 15.1. The predicted octanol–water partition coefficient (Wildman–Crippen LogP) is 5.70. The molecule has 1 atom stereocenters. The Morgan fingerprint density at radius 2 is 1.97 bits per heavy atom. The maximum atomic E-state index is 13.7. The second-order valence-electron chi connectivity index (χ2n) is 7.21. The molecule has 0 saturated heterocycles. The first-order chi connectivity index (χ1) is 14.0. The van der Waals surface area contributed by atoms with Crippen LogP contribution in [0.1, 0.15) is 36.9 Å². The van der Waals surface area contributed by atoms with Gasteiger partial charge < -0.3 is 14.2 Å². The average molecular weight is 421 g/mol. The summed E-state index contributed by atoms with van der Waals surface area (Å²) in [5.41, 5.74) is 3.62. The molecule has 0 aliphatic carbocycles. The fraction of sp³-hybridized carbons (Fsp3) is 0.429. The zero-order valence-corrected chi connectivity index (χ0v) is 17.4. The number of imidazole rings is 1. The first kappa shape index (κ1) is 19.9. The summed E-state index contributed by atoms with van der Waals surface area (Å²) in [6.45, 7) is 5.17. The number of aromatic nitrogens is 3. The van der Waals surface area contributed by atoms with Crippen molar-refractivity contribution >= 4 is 34.3 Å². The highest BCUT2D eigenvalue weighted by molar-refractivity contribution is 6.35. The lowest BCUT2D eigenvalue weighted by atomic mass is 9.95. The highest BCUT2D eigenvalue weighted by atomic mass is 35.5. The number of pyridine rings is 1. The van der Waals surface area contributed by atoms with E-state index in [1.54, 1.807) is 26.2 Å². The molecule has 1 unspecified atom stereocenters. The van der Waals surface area contributed by atoms with Crippen molar-refractivity contribution < 1.29 is 13.5 Å². The van der Waals surface area contributed by atoms with E-state index < -0.39 is 12.3 Å². The molecule has 3 aromatic rings. The molecule has 0 radical (unpaired) electrons. The Labute approximate surface area is 173 Å². The van der Waals surface area contributed by atoms with Crippen LogP contribution >= 0.6 is 11.6 Å². The molecule has 3 heterocycles. The Morgan fingerprint density at radius 1 is 1.17 bits per heavy atom. The first-order valence-electron chi connectivity index (χ1n) is 9.72. The van der Waals surface area contributed by atoms with Gasteiger partial charge in [0.1, 0.15) is 5.52 Å². The molecule has 0 fully saturated rings. The second-order valence-corrected chi connectivity index (χ2v) is 7.62. The molecule has 0 N–H and O–H groups in total. The van der Waals surface area contributed by atoms with E-state index in [4.69, 9.17) is 21.3 Å². The van der Waals surface area contributed by atoms with Gasteiger partial charge in [-0.2, -0.15) is 0 Å². The monoisotopic (exact) mass is 420 g/mol. The number of nitrogens with zero attached hydrogens (tertiary/aromatic N) is 4. The van der Waals surface area contributed by atoms with Crippen molar-refractivity contribution in [2.24, 2.45) is 0 Å². The lowest BCUT2D eigenvalue weighted by Gasteiger charge is -2.30. The van der Waals surface area contributed by atoms with Gasteiger partial charge in [-0.3, -0.25) is 0 Å². The molecule has 5 nitrogen and oxygen atoms in total. The van der Waals surface area contributed by atoms with Crippen LogP contribution in [0.3, 0.4) is 0 Å². The van der Waals surface area contributed by atoms with E-state index >= 15 is 0 Å². The molecule has 2 aromatic heterocycles. The summed E-state index contributed by atoms with van der Waals surface area (Å²) in [4.78, 5) is 11.3. The maximum absolute atomic E-state index is 13.7. The Hall–Kier alpha value is -2.41. The standard InChI is InChI=1S/C21H23ClF2N4O/c1-4-13(20(23)24)14-6-7-15(22)18-19(14)28-11-5-10-27(21(28)26-18)16-8-9-17(29-3)25-12(16)2/h6-9,13,20H,4-5,10-11H2,1-3H3. The molecule has 0 amide bonds. The molecule has 0 bridgehead atoms. The lowest BCUT2D eigenvalue weighted by molar-refractivity contribution is 0.112. The SMILES string of the molecule is CCC(c1ccc(Cl)c2nc3n(c12)CCCN3c1ccc(OC)nc1C)C(F)F. The van der Waals surface area contributed by atoms with E-state index in [1.165, 1.54) is 0 Å². The van der Waals surface area contributed by atoms with Crippen molar-refractivity contribution in [1.29, 1.82) is 0 Å². The fourth-order valence-corrected chi connectivity index (χ4v) is 4.31. The molecule has 4 rings (SSSR count). The topological polar surface area (TPSA) is 43.2 Å². The number of rotatable bonds is 5. The fourth-order valence-electron chi connectivity index (χ4n) is 4.12. The third kappa shape index (κ3) is 3.31. The molecular formula is C21H23ClF2N4O. The van der Waals surface area contributed by atoms with Crippen molar-refractivity contribution in [2.45, 2.75) is 45.6 Å². The summed E-state index contributed by atoms with van der Waals surface area (Å²) in [6, 6.07) is 7.16. The third-order valence-corrected chi connectivity index (χ3v) is 5.84. The van der Waals surface area contributed by atoms with Gasteiger partial charge >= 0.3 is 0 Å². The smallest absolute Gasteiger partial charge is 0.245 e. The van der Waals surface area contributed by atoms with Crippen LogP contribution in [0.15, 0.2) is 24.3 Å². The maximum Gasteiger partial charge on any atom is 0.245 e. The Kier molecular flexibility index (Phi) is 5.34. The Bertz CT molecular complexity index is 1050. The van der Waals surface area contributed by atoms with E-state index in [0.29, 0.717) is 46.4 Å². The summed E-state index contributed by atoms with van der Waals surface area (Å²) >= 11 is 6.43. The largest absolute Gasteiger partial charge is 0.481 e. The van der Waals surface area contributed by atoms with Gasteiger partial charge in [0.05, 0.1) is 29.0 Å². The van der Waals surface area contributed by atoms with Gasteiger partial charge in [-0.05, 0) is 37.5 Å². The number of aryl methyl sites for hydroxylation is 2. The van der Waals surface area contributed by atoms with Crippen LogP contribution < -0.4 is 9.64 Å². The van der Waals surface area contributed by atoms with Gasteiger partial charge in [0.2, 0.25) is 18.3 Å². The van der Waals surface area contributed by atoms with Crippen LogP contribution in [0.2, 0.25) is 5.02 Å². The summed E-state index contributed by atoms with van der Waals surface area (Å²) < 4.78 is 34.7. The van der Waals surface area contributed by atoms with Crippen LogP contribution in [-0.2, 0) is 6.54 Å². The molecule has 0 spiro atoms. The van der Waals surface area contributed by atoms with Crippen molar-refractivity contribution in [3.8, 4) is 5.88 Å². The molecule has 154 valence electrons. The first-order valence-corrected chi connectivity index (χ1v) is 10.1. The van der Waals surface area contributed by atoms with Crippen LogP contribution in [0.25, 0.3) is 11.0 Å². The van der Waals surface area contributed by atoms with E-state index in [-0.39, 0.29) is 0 Å². The molecule has 0 saturated carbocycles. The van der Waals surface area contributed by atoms with Gasteiger partial charge in [-0.15, -0.1) is 0 Å². The Balaban J connectivity index is 1.91. The van der Waals surface area contributed by atoms with E-state index in [2.05, 4.69) is 9.88 Å². The highest BCUT2D eigenvalue weighted by Gasteiger charge is 2.30. The number of fused-ring (bicyclic) bond motifs is 3. The third-order valence-electron chi connectivity index (χ3n) is 5.54. The molecule has 29 heavy (non-hydrogen) atoms. The van der Waals surface area contributed by atoms with Gasteiger partial charge in [0.15, 0.2) is 0 Å². The average Bonchev–Trinajstić information content (AvgIpc) is 3.11. The van der Waals surface area contributed by atoms with Gasteiger partial charge in [0, 0.05) is 25.1 Å². The van der Waals surface area contributed by atoms with Crippen LogP contribution in [0.5, 0.6) is 5.88 Å². The Morgan fingerprint density at radius 3 is 2.62 bits per heavy atom. The molecule has 8 heteroatoms. The van der Waals surface area contributed by atoms with E-state index in [9.17, 15) is 8.78 Å². The number of hydrogen-bond donors (Lipinski definition) is 0. The molecular weight excluding hydrogens is 398 g/mol. The van der Waals surface area contributed by atoms with Crippen LogP contribution in [0.4, 0.5) is 20.4 Å². The zero-order valence-electron chi connectivity index (χ0n) is 16.6. The van der Waals surface area contributed by atoms with Gasteiger partial charge in [-0.25, -0.2) is 18.7 Å². The molecule has 1 aliphatic heterocycles. The van der Waals surface area contributed by atoms with Gasteiger partial charge in [0.25, 0.3) is 0 Å². The highest BCUT2D eigenvalue weighted by Crippen LogP contribution is 2.40. The van der Waals surface area contributed by atoms with Crippen molar-refractivity contribution in [2.75, 3.05) is 18.6 Å². The van der Waals surface area contributed by atoms with Crippen molar-refractivity contribution in [1.82, 2.24) is 14.5 Å². The number of anilines is 2. The minimum absolute atomic E-state index is 0.347. The van der Waals surface area contributed by atoms with E-state index in [1.807, 2.05) is 23.6 Å². The summed E-state index contributed by atoms with van der Waals surface area (Å²) in [5.74, 6) is 0.403. The van der Waals surface area contributed by atoms with Gasteiger partial charge in [-0.1, -0.05) is 24.6 Å². The minimum Gasteiger partial charge on any atom is -0.481 e. The quantitative estimate of drug-likeness (QED) is 0.530. The number of halogens is 3. The predicted molar refractivity (Wildman–Crippen MR) is 111 cm³/mol. The summed E-state index contributed by atoms with van der Waals surface area (Å²) in [7, 11) is 1.58. The number of hydrogen-bond acceptors (Lipinski definition) is 4. The minimum atomic E-state index is -2.44. The van der Waals surface area contributed by atoms with Crippen LogP contribution in [0, 0.1) is 6.92 Å². The number of benzene rings is 1.